The fourth-order valence-electron chi connectivity index (χ4n) is 3.43. The lowest BCUT2D eigenvalue weighted by Crippen LogP contribution is -2.54. The second-order valence-corrected chi connectivity index (χ2v) is 8.28. The number of amides is 1. The molecule has 0 bridgehead atoms. The van der Waals surface area contributed by atoms with E-state index in [4.69, 9.17) is 14.2 Å². The maximum absolute atomic E-state index is 11.9. The van der Waals surface area contributed by atoms with Crippen LogP contribution in [-0.2, 0) is 4.79 Å². The van der Waals surface area contributed by atoms with Gasteiger partial charge in [0.15, 0.2) is 0 Å². The minimum atomic E-state index is -0.0279. The van der Waals surface area contributed by atoms with E-state index in [1.807, 2.05) is 63.2 Å². The van der Waals surface area contributed by atoms with Gasteiger partial charge in [-0.2, -0.15) is 0 Å². The molecule has 2 aromatic rings. The smallest absolute Gasteiger partial charge is 0.223 e. The van der Waals surface area contributed by atoms with Gasteiger partial charge in [0.1, 0.15) is 23.4 Å². The number of carbonyl (C=O) groups excluding carboxylic acids is 1. The molecule has 1 atom stereocenters. The molecule has 6 nitrogen and oxygen atoms in total. The minimum absolute atomic E-state index is 0. The molecule has 1 fully saturated rings. The molecule has 0 aromatic heterocycles. The molecule has 0 radical (unpaired) electrons. The van der Waals surface area contributed by atoms with E-state index in [1.54, 1.807) is 7.11 Å². The van der Waals surface area contributed by atoms with Crippen LogP contribution in [0.15, 0.2) is 42.5 Å². The molecule has 3 rings (SSSR count). The number of ether oxygens (including phenoxy) is 3. The molecule has 0 aliphatic carbocycles. The highest BCUT2D eigenvalue weighted by Gasteiger charge is 2.30. The molecule has 1 saturated heterocycles. The Morgan fingerprint density at radius 2 is 1.81 bits per heavy atom. The summed E-state index contributed by atoms with van der Waals surface area (Å²) in [4.78, 5) is 14.1. The number of anilines is 1. The molecular weight excluding hydrogens is 392 g/mol. The summed E-state index contributed by atoms with van der Waals surface area (Å²) >= 11 is 0. The monoisotopic (exact) mass is 428 g/mol. The maximum Gasteiger partial charge on any atom is 0.223 e. The summed E-state index contributed by atoms with van der Waals surface area (Å²) in [6.45, 7) is 10.2. The van der Waals surface area contributed by atoms with Crippen LogP contribution in [0.1, 0.15) is 47.1 Å². The molecule has 1 heterocycles. The molecule has 1 aliphatic rings. The van der Waals surface area contributed by atoms with Crippen molar-refractivity contribution >= 4 is 11.6 Å². The first-order valence-electron chi connectivity index (χ1n) is 11.0. The zero-order valence-corrected chi connectivity index (χ0v) is 19.2. The van der Waals surface area contributed by atoms with Gasteiger partial charge in [0, 0.05) is 13.4 Å². The average Bonchev–Trinajstić information content (AvgIpc) is 2.74. The zero-order chi connectivity index (χ0) is 22.4. The molecule has 31 heavy (non-hydrogen) atoms. The van der Waals surface area contributed by atoms with Crippen molar-refractivity contribution in [1.29, 1.82) is 0 Å². The first kappa shape index (κ1) is 22.8. The van der Waals surface area contributed by atoms with Gasteiger partial charge in [-0.25, -0.2) is 0 Å². The van der Waals surface area contributed by atoms with Crippen LogP contribution in [-0.4, -0.2) is 38.8 Å². The molecule has 170 valence electrons. The molecule has 0 saturated carbocycles. The lowest BCUT2D eigenvalue weighted by molar-refractivity contribution is -0.124. The van der Waals surface area contributed by atoms with Crippen molar-refractivity contribution in [2.45, 2.75) is 46.3 Å². The predicted octanol–water partition coefficient (Wildman–Crippen LogP) is 4.83. The molecule has 0 spiro atoms. The molecule has 6 heteroatoms. The fourth-order valence-corrected chi connectivity index (χ4v) is 3.43. The summed E-state index contributed by atoms with van der Waals surface area (Å²) < 4.78 is 17.4. The van der Waals surface area contributed by atoms with Crippen molar-refractivity contribution in [3.8, 4) is 17.2 Å². The predicted molar refractivity (Wildman–Crippen MR) is 125 cm³/mol. The Morgan fingerprint density at radius 1 is 1.13 bits per heavy atom. The van der Waals surface area contributed by atoms with E-state index in [0.717, 1.165) is 48.0 Å². The second-order valence-electron chi connectivity index (χ2n) is 8.28. The summed E-state index contributed by atoms with van der Waals surface area (Å²) in [6, 6.07) is 13.9. The normalized spacial score (nSPS) is 14.7. The van der Waals surface area contributed by atoms with Crippen LogP contribution in [0.2, 0.25) is 0 Å². The maximum atomic E-state index is 11.9. The van der Waals surface area contributed by atoms with Gasteiger partial charge >= 0.3 is 0 Å². The standard InChI is InChI=1S/C25H34N2O4.H2/c1-6-13-30-21-11-12-23(24(14-21)29-5)27-15-22(16-27)31-20-9-7-19(8-10-20)18(4)26-25(28)17(2)3;/h7-12,14,17-18,22H,6,13,15-16H2,1-5H3,(H,26,28);1H/t18-;/m0./s1. The molecule has 0 unspecified atom stereocenters. The molecule has 1 aliphatic heterocycles. The fraction of sp³-hybridized carbons (Fsp3) is 0.480. The van der Waals surface area contributed by atoms with Crippen molar-refractivity contribution in [2.75, 3.05) is 31.7 Å². The largest absolute Gasteiger partial charge is 0.494 e. The number of rotatable bonds is 10. The van der Waals surface area contributed by atoms with Crippen LogP contribution in [0.3, 0.4) is 0 Å². The third-order valence-electron chi connectivity index (χ3n) is 5.38. The molecule has 1 amide bonds. The lowest BCUT2D eigenvalue weighted by Gasteiger charge is -2.41. The lowest BCUT2D eigenvalue weighted by atomic mass is 10.1. The number of carbonyl (C=O) groups is 1. The van der Waals surface area contributed by atoms with E-state index in [2.05, 4.69) is 17.1 Å². The van der Waals surface area contributed by atoms with E-state index < -0.39 is 0 Å². The number of hydrogen-bond acceptors (Lipinski definition) is 5. The number of methoxy groups -OCH3 is 1. The van der Waals surface area contributed by atoms with Crippen LogP contribution >= 0.6 is 0 Å². The van der Waals surface area contributed by atoms with Crippen molar-refractivity contribution in [1.82, 2.24) is 5.32 Å². The van der Waals surface area contributed by atoms with Crippen LogP contribution in [0.5, 0.6) is 17.2 Å². The summed E-state index contributed by atoms with van der Waals surface area (Å²) in [5.74, 6) is 2.52. The highest BCUT2D eigenvalue weighted by Crippen LogP contribution is 2.35. The summed E-state index contributed by atoms with van der Waals surface area (Å²) in [5.41, 5.74) is 2.11. The Bertz CT molecular complexity index is 867. The Balaban J connectivity index is 0.00000363. The Kier molecular flexibility index (Phi) is 7.66. The van der Waals surface area contributed by atoms with Crippen LogP contribution in [0.4, 0.5) is 5.69 Å². The molecule has 1 N–H and O–H groups in total. The first-order chi connectivity index (χ1) is 14.9. The van der Waals surface area contributed by atoms with E-state index in [0.29, 0.717) is 6.61 Å². The highest BCUT2D eigenvalue weighted by molar-refractivity contribution is 5.78. The topological polar surface area (TPSA) is 60.0 Å². The number of hydrogen-bond donors (Lipinski definition) is 1. The van der Waals surface area contributed by atoms with Gasteiger partial charge in [-0.05, 0) is 43.2 Å². The van der Waals surface area contributed by atoms with Crippen molar-refractivity contribution in [3.05, 3.63) is 48.0 Å². The van der Waals surface area contributed by atoms with Gasteiger partial charge in [-0.3, -0.25) is 4.79 Å². The van der Waals surface area contributed by atoms with Crippen LogP contribution < -0.4 is 24.4 Å². The Hall–Kier alpha value is -2.89. The second kappa shape index (κ2) is 10.4. The van der Waals surface area contributed by atoms with E-state index in [9.17, 15) is 4.79 Å². The summed E-state index contributed by atoms with van der Waals surface area (Å²) in [6.07, 6.45) is 1.10. The number of nitrogens with one attached hydrogen (secondary N) is 1. The summed E-state index contributed by atoms with van der Waals surface area (Å²) in [7, 11) is 1.68. The quantitative estimate of drug-likeness (QED) is 0.587. The van der Waals surface area contributed by atoms with Crippen molar-refractivity contribution in [3.63, 3.8) is 0 Å². The number of benzene rings is 2. The van der Waals surface area contributed by atoms with E-state index in [1.165, 1.54) is 0 Å². The average molecular weight is 429 g/mol. The first-order valence-corrected chi connectivity index (χ1v) is 11.0. The van der Waals surface area contributed by atoms with Crippen molar-refractivity contribution < 1.29 is 20.4 Å². The Labute approximate surface area is 187 Å². The van der Waals surface area contributed by atoms with Gasteiger partial charge in [-0.1, -0.05) is 32.9 Å². The van der Waals surface area contributed by atoms with E-state index >= 15 is 0 Å². The van der Waals surface area contributed by atoms with E-state index in [-0.39, 0.29) is 25.4 Å². The Morgan fingerprint density at radius 3 is 2.42 bits per heavy atom. The van der Waals surface area contributed by atoms with Gasteiger partial charge in [0.25, 0.3) is 0 Å². The van der Waals surface area contributed by atoms with Crippen LogP contribution in [0, 0.1) is 5.92 Å². The third kappa shape index (κ3) is 5.84. The van der Waals surface area contributed by atoms with Gasteiger partial charge in [0.05, 0.1) is 38.5 Å². The van der Waals surface area contributed by atoms with Gasteiger partial charge in [0.2, 0.25) is 5.91 Å². The minimum Gasteiger partial charge on any atom is -0.494 e. The van der Waals surface area contributed by atoms with Gasteiger partial charge in [-0.15, -0.1) is 0 Å². The highest BCUT2D eigenvalue weighted by atomic mass is 16.5. The zero-order valence-electron chi connectivity index (χ0n) is 19.2. The molecule has 2 aromatic carbocycles. The third-order valence-corrected chi connectivity index (χ3v) is 5.38. The van der Waals surface area contributed by atoms with Gasteiger partial charge < -0.3 is 24.4 Å². The van der Waals surface area contributed by atoms with Crippen molar-refractivity contribution in [2.24, 2.45) is 5.92 Å². The number of nitrogens with zero attached hydrogens (tertiary/aromatic N) is 1. The SMILES string of the molecule is CCCOc1ccc(N2CC(Oc3ccc([C@H](C)NC(=O)C(C)C)cc3)C2)c(OC)c1.[HH]. The van der Waals surface area contributed by atoms with Crippen LogP contribution in [0.25, 0.3) is 0 Å². The molecular formula is C25H36N2O4. The summed E-state index contributed by atoms with van der Waals surface area (Å²) in [5, 5.41) is 3.02.